The minimum absolute atomic E-state index is 0.695. The van der Waals surface area contributed by atoms with Crippen LogP contribution in [0.4, 0.5) is 11.4 Å². The first-order valence-corrected chi connectivity index (χ1v) is 8.35. The van der Waals surface area contributed by atoms with E-state index >= 15 is 0 Å². The van der Waals surface area contributed by atoms with Crippen LogP contribution in [0.5, 0.6) is 0 Å². The summed E-state index contributed by atoms with van der Waals surface area (Å²) in [5.74, 6) is 0. The third-order valence-electron chi connectivity index (χ3n) is 3.83. The van der Waals surface area contributed by atoms with Crippen molar-refractivity contribution in [3.63, 3.8) is 0 Å². The zero-order chi connectivity index (χ0) is 16.4. The molecule has 0 spiro atoms. The van der Waals surface area contributed by atoms with Crippen LogP contribution < -0.4 is 5.32 Å². The van der Waals surface area contributed by atoms with E-state index in [1.165, 1.54) is 22.5 Å². The molecule has 0 atom stereocenters. The van der Waals surface area contributed by atoms with E-state index in [2.05, 4.69) is 52.8 Å². The molecule has 0 unspecified atom stereocenters. The highest BCUT2D eigenvalue weighted by Gasteiger charge is 2.07. The minimum Gasteiger partial charge on any atom is -0.354 e. The average Bonchev–Trinajstić information content (AvgIpc) is 3.08. The van der Waals surface area contributed by atoms with E-state index in [1.54, 1.807) is 12.4 Å². The van der Waals surface area contributed by atoms with Crippen LogP contribution in [0.25, 0.3) is 21.2 Å². The lowest BCUT2D eigenvalue weighted by Crippen LogP contribution is -1.91. The Hall–Kier alpha value is -3.16. The molecular formula is C20H13N3S. The van der Waals surface area contributed by atoms with Crippen molar-refractivity contribution in [2.24, 2.45) is 0 Å². The highest BCUT2D eigenvalue weighted by Crippen LogP contribution is 2.32. The number of benzene rings is 2. The van der Waals surface area contributed by atoms with Crippen LogP contribution in [0.1, 0.15) is 4.88 Å². The number of anilines is 2. The molecule has 0 saturated carbocycles. The summed E-state index contributed by atoms with van der Waals surface area (Å²) in [5.41, 5.74) is 4.29. The van der Waals surface area contributed by atoms with E-state index in [0.29, 0.717) is 4.88 Å². The summed E-state index contributed by atoms with van der Waals surface area (Å²) in [6, 6.07) is 22.7. The number of nitriles is 1. The maximum absolute atomic E-state index is 9.08. The largest absolute Gasteiger partial charge is 0.354 e. The van der Waals surface area contributed by atoms with Gasteiger partial charge >= 0.3 is 0 Å². The molecule has 2 aromatic carbocycles. The molecule has 0 aliphatic carbocycles. The quantitative estimate of drug-likeness (QED) is 0.534. The lowest BCUT2D eigenvalue weighted by molar-refractivity contribution is 1.36. The first kappa shape index (κ1) is 14.4. The number of pyridine rings is 1. The first-order chi connectivity index (χ1) is 11.8. The zero-order valence-electron chi connectivity index (χ0n) is 12.7. The molecule has 3 nitrogen and oxygen atoms in total. The Kier molecular flexibility index (Phi) is 3.70. The summed E-state index contributed by atoms with van der Waals surface area (Å²) < 4.78 is 1.01. The Morgan fingerprint density at radius 1 is 0.917 bits per heavy atom. The molecule has 0 radical (unpaired) electrons. The number of aromatic nitrogens is 1. The Bertz CT molecular complexity index is 1030. The molecule has 1 N–H and O–H groups in total. The van der Waals surface area contributed by atoms with Crippen LogP contribution in [-0.4, -0.2) is 4.98 Å². The lowest BCUT2D eigenvalue weighted by Gasteiger charge is -2.08. The number of nitrogens with zero attached hydrogens (tertiary/aromatic N) is 2. The van der Waals surface area contributed by atoms with E-state index in [0.717, 1.165) is 21.5 Å². The summed E-state index contributed by atoms with van der Waals surface area (Å²) in [6.07, 6.45) is 3.59. The van der Waals surface area contributed by atoms with Gasteiger partial charge in [0.05, 0.1) is 16.6 Å². The molecule has 0 aliphatic heterocycles. The van der Waals surface area contributed by atoms with E-state index in [9.17, 15) is 0 Å². The van der Waals surface area contributed by atoms with Crippen LogP contribution in [0.2, 0.25) is 0 Å². The summed E-state index contributed by atoms with van der Waals surface area (Å²) in [5, 5.41) is 13.5. The van der Waals surface area contributed by atoms with Gasteiger partial charge in [0.15, 0.2) is 0 Å². The fraction of sp³-hybridized carbons (Fsp3) is 0. The van der Waals surface area contributed by atoms with Gasteiger partial charge in [-0.1, -0.05) is 42.5 Å². The van der Waals surface area contributed by atoms with Crippen molar-refractivity contribution in [3.05, 3.63) is 77.9 Å². The maximum atomic E-state index is 9.08. The molecule has 0 saturated heterocycles. The van der Waals surface area contributed by atoms with Gasteiger partial charge in [0.25, 0.3) is 0 Å². The normalized spacial score (nSPS) is 10.5. The minimum atomic E-state index is 0.695. The molecule has 114 valence electrons. The summed E-state index contributed by atoms with van der Waals surface area (Å²) in [6.45, 7) is 0. The monoisotopic (exact) mass is 327 g/mol. The molecular weight excluding hydrogens is 314 g/mol. The van der Waals surface area contributed by atoms with Gasteiger partial charge in [0.1, 0.15) is 10.9 Å². The zero-order valence-corrected chi connectivity index (χ0v) is 13.5. The summed E-state index contributed by atoms with van der Waals surface area (Å²) in [4.78, 5) is 4.96. The molecule has 4 aromatic rings. The predicted molar refractivity (Wildman–Crippen MR) is 99.5 cm³/mol. The first-order valence-electron chi connectivity index (χ1n) is 7.54. The van der Waals surface area contributed by atoms with Crippen molar-refractivity contribution in [2.75, 3.05) is 5.32 Å². The summed E-state index contributed by atoms with van der Waals surface area (Å²) >= 11 is 1.46. The molecule has 0 bridgehead atoms. The highest BCUT2D eigenvalue weighted by atomic mass is 32.1. The Balaban J connectivity index is 1.64. The smallest absolute Gasteiger partial charge is 0.110 e. The number of thiophene rings is 1. The fourth-order valence-corrected chi connectivity index (χ4v) is 3.50. The van der Waals surface area contributed by atoms with E-state index < -0.39 is 0 Å². The molecule has 0 amide bonds. The van der Waals surface area contributed by atoms with E-state index in [4.69, 9.17) is 5.26 Å². The molecule has 24 heavy (non-hydrogen) atoms. The number of fused-ring (bicyclic) bond motifs is 1. The van der Waals surface area contributed by atoms with Gasteiger partial charge in [-0.25, -0.2) is 0 Å². The molecule has 0 fully saturated rings. The van der Waals surface area contributed by atoms with Gasteiger partial charge in [-0.3, -0.25) is 4.98 Å². The standard InChI is InChI=1S/C20H13N3S/c21-11-17-10-18-19(12-22-13-20(18)24-17)23-16-8-6-15(7-9-16)14-4-2-1-3-5-14/h1-10,12-13,23H. The van der Waals surface area contributed by atoms with Gasteiger partial charge in [-0.05, 0) is 29.3 Å². The SMILES string of the molecule is N#Cc1cc2c(Nc3ccc(-c4ccccc4)cc3)cncc2s1. The molecule has 2 aromatic heterocycles. The Labute approximate surface area is 143 Å². The average molecular weight is 327 g/mol. The van der Waals surface area contributed by atoms with Crippen LogP contribution >= 0.6 is 11.3 Å². The van der Waals surface area contributed by atoms with Crippen LogP contribution in [0.15, 0.2) is 73.1 Å². The van der Waals surface area contributed by atoms with Crippen LogP contribution in [0.3, 0.4) is 0 Å². The molecule has 4 heteroatoms. The number of nitrogens with one attached hydrogen (secondary N) is 1. The van der Waals surface area contributed by atoms with Crippen molar-refractivity contribution in [3.8, 4) is 17.2 Å². The Morgan fingerprint density at radius 2 is 1.67 bits per heavy atom. The second-order valence-corrected chi connectivity index (χ2v) is 6.47. The van der Waals surface area contributed by atoms with Gasteiger partial charge in [-0.2, -0.15) is 5.26 Å². The molecule has 2 heterocycles. The van der Waals surface area contributed by atoms with Crippen molar-refractivity contribution in [1.29, 1.82) is 5.26 Å². The van der Waals surface area contributed by atoms with E-state index in [1.807, 2.05) is 24.3 Å². The van der Waals surface area contributed by atoms with Crippen molar-refractivity contribution >= 4 is 32.8 Å². The third kappa shape index (κ3) is 2.73. The van der Waals surface area contributed by atoms with Crippen molar-refractivity contribution in [1.82, 2.24) is 4.98 Å². The van der Waals surface area contributed by atoms with Gasteiger partial charge in [-0.15, -0.1) is 11.3 Å². The summed E-state index contributed by atoms with van der Waals surface area (Å²) in [7, 11) is 0. The van der Waals surface area contributed by atoms with Crippen LogP contribution in [0, 0.1) is 11.3 Å². The third-order valence-corrected chi connectivity index (χ3v) is 4.80. The van der Waals surface area contributed by atoms with Crippen molar-refractivity contribution in [2.45, 2.75) is 0 Å². The fourth-order valence-electron chi connectivity index (χ4n) is 2.65. The van der Waals surface area contributed by atoms with Crippen LogP contribution in [-0.2, 0) is 0 Å². The number of hydrogen-bond donors (Lipinski definition) is 1. The number of rotatable bonds is 3. The lowest BCUT2D eigenvalue weighted by atomic mass is 10.1. The van der Waals surface area contributed by atoms with Gasteiger partial charge in [0, 0.05) is 17.3 Å². The highest BCUT2D eigenvalue weighted by molar-refractivity contribution is 7.19. The second-order valence-electron chi connectivity index (χ2n) is 5.39. The van der Waals surface area contributed by atoms with Gasteiger partial charge in [0.2, 0.25) is 0 Å². The topological polar surface area (TPSA) is 48.7 Å². The predicted octanol–water partition coefficient (Wildman–Crippen LogP) is 5.58. The van der Waals surface area contributed by atoms with Crippen molar-refractivity contribution < 1.29 is 0 Å². The second kappa shape index (κ2) is 6.15. The van der Waals surface area contributed by atoms with E-state index in [-0.39, 0.29) is 0 Å². The number of hydrogen-bond acceptors (Lipinski definition) is 4. The maximum Gasteiger partial charge on any atom is 0.110 e. The Morgan fingerprint density at radius 3 is 2.42 bits per heavy atom. The molecule has 0 aliphatic rings. The van der Waals surface area contributed by atoms with Gasteiger partial charge < -0.3 is 5.32 Å². The molecule has 4 rings (SSSR count).